The second-order valence-electron chi connectivity index (χ2n) is 2.53. The van der Waals surface area contributed by atoms with Crippen LogP contribution in [0.15, 0.2) is 12.3 Å². The van der Waals surface area contributed by atoms with Crippen molar-refractivity contribution in [1.82, 2.24) is 20.0 Å². The fraction of sp³-hybridized carbons (Fsp3) is 0.286. The van der Waals surface area contributed by atoms with Crippen molar-refractivity contribution in [1.29, 1.82) is 0 Å². The van der Waals surface area contributed by atoms with Gasteiger partial charge in [-0.1, -0.05) is 5.21 Å². The average molecular weight is 183 g/mol. The van der Waals surface area contributed by atoms with E-state index in [9.17, 15) is 0 Å². The molecule has 0 spiro atoms. The summed E-state index contributed by atoms with van der Waals surface area (Å²) < 4.78 is 1.63. The first-order valence-electron chi connectivity index (χ1n) is 3.51. The number of rotatable bonds is 1. The summed E-state index contributed by atoms with van der Waals surface area (Å²) in [6, 6.07) is 1.89. The lowest BCUT2D eigenvalue weighted by Gasteiger charge is -1.93. The summed E-state index contributed by atoms with van der Waals surface area (Å²) in [7, 11) is 1.81. The number of alkyl halides is 1. The van der Waals surface area contributed by atoms with Gasteiger partial charge in [-0.05, 0) is 11.6 Å². The van der Waals surface area contributed by atoms with Gasteiger partial charge in [0.2, 0.25) is 0 Å². The third-order valence-corrected chi connectivity index (χ3v) is 1.96. The quantitative estimate of drug-likeness (QED) is 0.621. The van der Waals surface area contributed by atoms with Crippen LogP contribution in [0.1, 0.15) is 5.56 Å². The van der Waals surface area contributed by atoms with Crippen molar-refractivity contribution in [2.75, 3.05) is 0 Å². The molecule has 5 heteroatoms. The van der Waals surface area contributed by atoms with Crippen molar-refractivity contribution in [3.05, 3.63) is 17.8 Å². The topological polar surface area (TPSA) is 43.6 Å². The number of aryl methyl sites for hydroxylation is 1. The van der Waals surface area contributed by atoms with E-state index in [1.54, 1.807) is 10.9 Å². The number of hydrogen-bond acceptors (Lipinski definition) is 3. The van der Waals surface area contributed by atoms with Crippen molar-refractivity contribution in [2.45, 2.75) is 5.88 Å². The molecule has 0 aliphatic rings. The van der Waals surface area contributed by atoms with Gasteiger partial charge >= 0.3 is 0 Å². The molecule has 12 heavy (non-hydrogen) atoms. The Kier molecular flexibility index (Phi) is 1.69. The highest BCUT2D eigenvalue weighted by Crippen LogP contribution is 2.10. The fourth-order valence-corrected chi connectivity index (χ4v) is 1.19. The van der Waals surface area contributed by atoms with Crippen molar-refractivity contribution < 1.29 is 0 Å². The Morgan fingerprint density at radius 2 is 2.42 bits per heavy atom. The Morgan fingerprint density at radius 3 is 3.17 bits per heavy atom. The van der Waals surface area contributed by atoms with Crippen molar-refractivity contribution >= 4 is 22.8 Å². The van der Waals surface area contributed by atoms with Gasteiger partial charge in [0.1, 0.15) is 5.52 Å². The van der Waals surface area contributed by atoms with Gasteiger partial charge in [-0.25, -0.2) is 9.67 Å². The molecule has 0 atom stereocenters. The van der Waals surface area contributed by atoms with Crippen LogP contribution < -0.4 is 0 Å². The van der Waals surface area contributed by atoms with Crippen LogP contribution in [-0.4, -0.2) is 20.0 Å². The molecule has 0 aromatic carbocycles. The summed E-state index contributed by atoms with van der Waals surface area (Å²) in [5, 5.41) is 7.75. The van der Waals surface area contributed by atoms with Gasteiger partial charge < -0.3 is 0 Å². The molecule has 0 bridgehead atoms. The summed E-state index contributed by atoms with van der Waals surface area (Å²) in [6.45, 7) is 0. The number of pyridine rings is 1. The van der Waals surface area contributed by atoms with E-state index < -0.39 is 0 Å². The molecule has 2 heterocycles. The highest BCUT2D eigenvalue weighted by Gasteiger charge is 2.02. The molecule has 0 fully saturated rings. The summed E-state index contributed by atoms with van der Waals surface area (Å²) in [6.07, 6.45) is 1.73. The molecular weight excluding hydrogens is 176 g/mol. The normalized spacial score (nSPS) is 10.8. The third kappa shape index (κ3) is 1.04. The van der Waals surface area contributed by atoms with Gasteiger partial charge in [-0.3, -0.25) is 0 Å². The Hall–Kier alpha value is -1.16. The predicted molar refractivity (Wildman–Crippen MR) is 45.9 cm³/mol. The zero-order chi connectivity index (χ0) is 8.55. The van der Waals surface area contributed by atoms with E-state index in [0.717, 1.165) is 16.7 Å². The van der Waals surface area contributed by atoms with E-state index in [4.69, 9.17) is 11.6 Å². The van der Waals surface area contributed by atoms with Crippen molar-refractivity contribution in [3.63, 3.8) is 0 Å². The van der Waals surface area contributed by atoms with E-state index >= 15 is 0 Å². The highest BCUT2D eigenvalue weighted by atomic mass is 35.5. The maximum Gasteiger partial charge on any atom is 0.178 e. The molecule has 0 unspecified atom stereocenters. The molecule has 2 rings (SSSR count). The molecule has 4 nitrogen and oxygen atoms in total. The Morgan fingerprint density at radius 1 is 1.58 bits per heavy atom. The van der Waals surface area contributed by atoms with Crippen LogP contribution in [0.2, 0.25) is 0 Å². The standard InChI is InChI=1S/C7H7ClN4/c1-12-7-6(10-11-12)2-5(3-8)4-9-7/h2,4H,3H2,1H3. The minimum Gasteiger partial charge on any atom is -0.235 e. The maximum atomic E-state index is 5.64. The minimum absolute atomic E-state index is 0.458. The lowest BCUT2D eigenvalue weighted by atomic mass is 10.3. The number of hydrogen-bond donors (Lipinski definition) is 0. The van der Waals surface area contributed by atoms with Crippen LogP contribution in [0.3, 0.4) is 0 Å². The Bertz CT molecular complexity index is 409. The summed E-state index contributed by atoms with van der Waals surface area (Å²) >= 11 is 5.64. The van der Waals surface area contributed by atoms with E-state index in [1.807, 2.05) is 13.1 Å². The molecule has 2 aromatic rings. The first-order chi connectivity index (χ1) is 5.81. The van der Waals surface area contributed by atoms with Crippen molar-refractivity contribution in [2.24, 2.45) is 7.05 Å². The fourth-order valence-electron chi connectivity index (χ4n) is 1.04. The number of halogens is 1. The van der Waals surface area contributed by atoms with Gasteiger partial charge in [0.15, 0.2) is 5.65 Å². The van der Waals surface area contributed by atoms with Crippen LogP contribution >= 0.6 is 11.6 Å². The monoisotopic (exact) mass is 182 g/mol. The highest BCUT2D eigenvalue weighted by molar-refractivity contribution is 6.17. The van der Waals surface area contributed by atoms with E-state index in [-0.39, 0.29) is 0 Å². The molecule has 2 aromatic heterocycles. The van der Waals surface area contributed by atoms with Crippen LogP contribution in [0, 0.1) is 0 Å². The van der Waals surface area contributed by atoms with Gasteiger partial charge in [0.05, 0.1) is 0 Å². The van der Waals surface area contributed by atoms with E-state index in [2.05, 4.69) is 15.3 Å². The SMILES string of the molecule is Cn1nnc2cc(CCl)cnc21. The largest absolute Gasteiger partial charge is 0.235 e. The first kappa shape index (κ1) is 7.49. The minimum atomic E-state index is 0.458. The zero-order valence-electron chi connectivity index (χ0n) is 6.53. The Balaban J connectivity index is 2.69. The molecule has 0 N–H and O–H groups in total. The molecule has 0 radical (unpaired) electrons. The zero-order valence-corrected chi connectivity index (χ0v) is 7.28. The molecule has 0 aliphatic heterocycles. The Labute approximate surface area is 74.2 Å². The summed E-state index contributed by atoms with van der Waals surface area (Å²) in [5.41, 5.74) is 2.53. The molecule has 62 valence electrons. The van der Waals surface area contributed by atoms with Crippen LogP contribution in [0.4, 0.5) is 0 Å². The maximum absolute atomic E-state index is 5.64. The third-order valence-electron chi connectivity index (χ3n) is 1.65. The average Bonchev–Trinajstić information content (AvgIpc) is 2.47. The summed E-state index contributed by atoms with van der Waals surface area (Å²) in [4.78, 5) is 4.17. The van der Waals surface area contributed by atoms with Crippen LogP contribution in [0.5, 0.6) is 0 Å². The molecule has 0 saturated heterocycles. The molecular formula is C7H7ClN4. The lowest BCUT2D eigenvalue weighted by molar-refractivity contribution is 0.730. The first-order valence-corrected chi connectivity index (χ1v) is 4.05. The van der Waals surface area contributed by atoms with Crippen LogP contribution in [-0.2, 0) is 12.9 Å². The van der Waals surface area contributed by atoms with E-state index in [0.29, 0.717) is 5.88 Å². The second-order valence-corrected chi connectivity index (χ2v) is 2.80. The lowest BCUT2D eigenvalue weighted by Crippen LogP contribution is -1.91. The van der Waals surface area contributed by atoms with Gasteiger partial charge in [0.25, 0.3) is 0 Å². The number of nitrogens with zero attached hydrogens (tertiary/aromatic N) is 4. The molecule has 0 aliphatic carbocycles. The van der Waals surface area contributed by atoms with E-state index in [1.165, 1.54) is 0 Å². The molecule has 0 saturated carbocycles. The van der Waals surface area contributed by atoms with Gasteiger partial charge in [-0.2, -0.15) is 0 Å². The number of aromatic nitrogens is 4. The number of fused-ring (bicyclic) bond motifs is 1. The second kappa shape index (κ2) is 2.71. The van der Waals surface area contributed by atoms with Gasteiger partial charge in [0, 0.05) is 19.1 Å². The predicted octanol–water partition coefficient (Wildman–Crippen LogP) is 1.10. The van der Waals surface area contributed by atoms with Gasteiger partial charge in [-0.15, -0.1) is 16.7 Å². The summed E-state index contributed by atoms with van der Waals surface area (Å²) in [5.74, 6) is 0.458. The van der Waals surface area contributed by atoms with Crippen molar-refractivity contribution in [3.8, 4) is 0 Å². The van der Waals surface area contributed by atoms with Crippen LogP contribution in [0.25, 0.3) is 11.2 Å². The molecule has 0 amide bonds. The smallest absolute Gasteiger partial charge is 0.178 e.